The van der Waals surface area contributed by atoms with Crippen LogP contribution in [0.1, 0.15) is 35.3 Å². The average Bonchev–Trinajstić information content (AvgIpc) is 2.71. The van der Waals surface area contributed by atoms with Gasteiger partial charge in [-0.15, -0.1) is 0 Å². The van der Waals surface area contributed by atoms with E-state index in [-0.39, 0.29) is 17.9 Å². The molecular formula is C21H25BrN2O3S. The molecule has 0 aromatic heterocycles. The Balaban J connectivity index is 2.07. The standard InChI is InChI=1S/C21H25BrN2O3S/c1-14(16-9-10-19(27-2)17(22)13-16)23-21(26)18(11-12-28-3)24-20(25)15-7-5-4-6-8-15/h4-10,13-14,18H,11-12H2,1-3H3,(H,23,26)(H,24,25). The maximum atomic E-state index is 12.8. The molecular weight excluding hydrogens is 440 g/mol. The molecule has 0 bridgehead atoms. The highest BCUT2D eigenvalue weighted by Crippen LogP contribution is 2.28. The zero-order valence-electron chi connectivity index (χ0n) is 16.2. The number of halogens is 1. The molecule has 0 saturated heterocycles. The fourth-order valence-corrected chi connectivity index (χ4v) is 3.71. The van der Waals surface area contributed by atoms with Gasteiger partial charge in [-0.3, -0.25) is 9.59 Å². The minimum absolute atomic E-state index is 0.197. The quantitative estimate of drug-likeness (QED) is 0.583. The number of benzene rings is 2. The topological polar surface area (TPSA) is 67.4 Å². The Bertz CT molecular complexity index is 801. The predicted molar refractivity (Wildman–Crippen MR) is 118 cm³/mol. The fraction of sp³-hybridized carbons (Fsp3) is 0.333. The first-order valence-electron chi connectivity index (χ1n) is 8.95. The van der Waals surface area contributed by atoms with Crippen molar-refractivity contribution in [3.63, 3.8) is 0 Å². The Morgan fingerprint density at radius 1 is 1.14 bits per heavy atom. The van der Waals surface area contributed by atoms with Gasteiger partial charge in [0.1, 0.15) is 11.8 Å². The number of rotatable bonds is 9. The van der Waals surface area contributed by atoms with Gasteiger partial charge >= 0.3 is 0 Å². The van der Waals surface area contributed by atoms with E-state index < -0.39 is 6.04 Å². The van der Waals surface area contributed by atoms with Crippen LogP contribution < -0.4 is 15.4 Å². The van der Waals surface area contributed by atoms with Gasteiger partial charge in [-0.2, -0.15) is 11.8 Å². The Morgan fingerprint density at radius 3 is 2.46 bits per heavy atom. The number of amides is 2. The zero-order valence-corrected chi connectivity index (χ0v) is 18.6. The van der Waals surface area contributed by atoms with Crippen molar-refractivity contribution < 1.29 is 14.3 Å². The van der Waals surface area contributed by atoms with Gasteiger partial charge < -0.3 is 15.4 Å². The molecule has 2 amide bonds. The largest absolute Gasteiger partial charge is 0.496 e. The van der Waals surface area contributed by atoms with E-state index in [0.29, 0.717) is 12.0 Å². The number of methoxy groups -OCH3 is 1. The summed E-state index contributed by atoms with van der Waals surface area (Å²) in [5.41, 5.74) is 1.48. The highest BCUT2D eigenvalue weighted by molar-refractivity contribution is 9.10. The van der Waals surface area contributed by atoms with Crippen LogP contribution in [0.2, 0.25) is 0 Å². The molecule has 0 aliphatic rings. The minimum Gasteiger partial charge on any atom is -0.496 e. The van der Waals surface area contributed by atoms with Crippen molar-refractivity contribution in [3.05, 3.63) is 64.1 Å². The molecule has 2 aromatic carbocycles. The van der Waals surface area contributed by atoms with E-state index in [0.717, 1.165) is 21.5 Å². The molecule has 0 radical (unpaired) electrons. The van der Waals surface area contributed by atoms with Gasteiger partial charge in [0, 0.05) is 5.56 Å². The van der Waals surface area contributed by atoms with Crippen molar-refractivity contribution in [1.82, 2.24) is 10.6 Å². The molecule has 0 fully saturated rings. The van der Waals surface area contributed by atoms with Crippen molar-refractivity contribution in [2.45, 2.75) is 25.4 Å². The van der Waals surface area contributed by atoms with Crippen molar-refractivity contribution in [1.29, 1.82) is 0 Å². The number of carbonyl (C=O) groups excluding carboxylic acids is 2. The number of thioether (sulfide) groups is 1. The number of hydrogen-bond donors (Lipinski definition) is 2. The third-order valence-electron chi connectivity index (χ3n) is 4.30. The fourth-order valence-electron chi connectivity index (χ4n) is 2.68. The van der Waals surface area contributed by atoms with Crippen LogP contribution in [0.3, 0.4) is 0 Å². The summed E-state index contributed by atoms with van der Waals surface area (Å²) in [6, 6.07) is 13.8. The Kier molecular flexibility index (Phi) is 8.86. The van der Waals surface area contributed by atoms with Gasteiger partial charge in [-0.05, 0) is 71.1 Å². The highest BCUT2D eigenvalue weighted by atomic mass is 79.9. The van der Waals surface area contributed by atoms with E-state index in [1.807, 2.05) is 37.4 Å². The first kappa shape index (κ1) is 22.3. The molecule has 150 valence electrons. The van der Waals surface area contributed by atoms with E-state index in [1.165, 1.54) is 0 Å². The Hall–Kier alpha value is -1.99. The van der Waals surface area contributed by atoms with Crippen LogP contribution in [0.25, 0.3) is 0 Å². The minimum atomic E-state index is -0.593. The normalized spacial score (nSPS) is 12.7. The summed E-state index contributed by atoms with van der Waals surface area (Å²) in [7, 11) is 1.61. The van der Waals surface area contributed by atoms with E-state index in [9.17, 15) is 9.59 Å². The Morgan fingerprint density at radius 2 is 1.86 bits per heavy atom. The summed E-state index contributed by atoms with van der Waals surface area (Å²) in [4.78, 5) is 25.3. The lowest BCUT2D eigenvalue weighted by Crippen LogP contribution is -2.47. The van der Waals surface area contributed by atoms with Gasteiger partial charge in [-0.1, -0.05) is 24.3 Å². The van der Waals surface area contributed by atoms with E-state index >= 15 is 0 Å². The van der Waals surface area contributed by atoms with Crippen LogP contribution in [-0.2, 0) is 4.79 Å². The third kappa shape index (κ3) is 6.27. The summed E-state index contributed by atoms with van der Waals surface area (Å²) in [5, 5.41) is 5.86. The number of ether oxygens (including phenoxy) is 1. The smallest absolute Gasteiger partial charge is 0.251 e. The maximum Gasteiger partial charge on any atom is 0.251 e. The maximum absolute atomic E-state index is 12.8. The number of hydrogen-bond acceptors (Lipinski definition) is 4. The van der Waals surface area contributed by atoms with Crippen LogP contribution in [0.5, 0.6) is 5.75 Å². The second-order valence-electron chi connectivity index (χ2n) is 6.30. The van der Waals surface area contributed by atoms with E-state index in [4.69, 9.17) is 4.74 Å². The van der Waals surface area contributed by atoms with Gasteiger partial charge in [0.2, 0.25) is 5.91 Å². The summed E-state index contributed by atoms with van der Waals surface area (Å²) in [6.07, 6.45) is 2.54. The molecule has 2 atom stereocenters. The number of carbonyl (C=O) groups is 2. The van der Waals surface area contributed by atoms with Crippen LogP contribution in [-0.4, -0.2) is 37.0 Å². The summed E-state index contributed by atoms with van der Waals surface area (Å²) in [6.45, 7) is 1.91. The predicted octanol–water partition coefficient (Wildman–Crippen LogP) is 4.19. The average molecular weight is 465 g/mol. The van der Waals surface area contributed by atoms with Gasteiger partial charge in [0.25, 0.3) is 5.91 Å². The molecule has 2 unspecified atom stereocenters. The van der Waals surface area contributed by atoms with Crippen LogP contribution >= 0.6 is 27.7 Å². The lowest BCUT2D eigenvalue weighted by molar-refractivity contribution is -0.123. The second kappa shape index (κ2) is 11.1. The molecule has 2 aromatic rings. The summed E-state index contributed by atoms with van der Waals surface area (Å²) < 4.78 is 6.07. The summed E-state index contributed by atoms with van der Waals surface area (Å²) in [5.74, 6) is 1.06. The van der Waals surface area contributed by atoms with Gasteiger partial charge in [0.15, 0.2) is 0 Å². The van der Waals surface area contributed by atoms with Crippen LogP contribution in [0, 0.1) is 0 Å². The van der Waals surface area contributed by atoms with Crippen LogP contribution in [0.4, 0.5) is 0 Å². The lowest BCUT2D eigenvalue weighted by atomic mass is 10.1. The molecule has 28 heavy (non-hydrogen) atoms. The SMILES string of the molecule is COc1ccc(C(C)NC(=O)C(CCSC)NC(=O)c2ccccc2)cc1Br. The van der Waals surface area contributed by atoms with E-state index in [2.05, 4.69) is 26.6 Å². The third-order valence-corrected chi connectivity index (χ3v) is 5.57. The molecule has 7 heteroatoms. The molecule has 0 spiro atoms. The molecule has 0 saturated carbocycles. The van der Waals surface area contributed by atoms with Gasteiger partial charge in [0.05, 0.1) is 17.6 Å². The molecule has 0 aliphatic carbocycles. The Labute approximate surface area is 178 Å². The number of nitrogens with one attached hydrogen (secondary N) is 2. The lowest BCUT2D eigenvalue weighted by Gasteiger charge is -2.22. The van der Waals surface area contributed by atoms with Crippen LogP contribution in [0.15, 0.2) is 53.0 Å². The molecule has 0 aliphatic heterocycles. The first-order chi connectivity index (χ1) is 13.5. The molecule has 0 heterocycles. The van der Waals surface area contributed by atoms with E-state index in [1.54, 1.807) is 43.1 Å². The zero-order chi connectivity index (χ0) is 20.5. The monoisotopic (exact) mass is 464 g/mol. The molecule has 5 nitrogen and oxygen atoms in total. The highest BCUT2D eigenvalue weighted by Gasteiger charge is 2.23. The molecule has 2 rings (SSSR count). The van der Waals surface area contributed by atoms with Crippen molar-refractivity contribution in [2.24, 2.45) is 0 Å². The second-order valence-corrected chi connectivity index (χ2v) is 8.14. The van der Waals surface area contributed by atoms with Crippen molar-refractivity contribution >= 4 is 39.5 Å². The van der Waals surface area contributed by atoms with Crippen molar-refractivity contribution in [2.75, 3.05) is 19.1 Å². The molecule has 2 N–H and O–H groups in total. The van der Waals surface area contributed by atoms with Gasteiger partial charge in [-0.25, -0.2) is 0 Å². The van der Waals surface area contributed by atoms with Crippen molar-refractivity contribution in [3.8, 4) is 5.75 Å². The summed E-state index contributed by atoms with van der Waals surface area (Å²) >= 11 is 5.11. The first-order valence-corrected chi connectivity index (χ1v) is 11.1.